The summed E-state index contributed by atoms with van der Waals surface area (Å²) >= 11 is 0. The highest BCUT2D eigenvalue weighted by Crippen LogP contribution is 2.23. The van der Waals surface area contributed by atoms with E-state index >= 15 is 0 Å². The van der Waals surface area contributed by atoms with E-state index in [4.69, 9.17) is 9.47 Å². The van der Waals surface area contributed by atoms with Gasteiger partial charge < -0.3 is 9.47 Å². The molecule has 0 aromatic heterocycles. The van der Waals surface area contributed by atoms with Crippen LogP contribution in [-0.4, -0.2) is 32.1 Å². The molecule has 5 heteroatoms. The van der Waals surface area contributed by atoms with Gasteiger partial charge >= 0.3 is 6.18 Å². The molecule has 0 amide bonds. The Labute approximate surface area is 145 Å². The van der Waals surface area contributed by atoms with Crippen LogP contribution in [0.4, 0.5) is 13.2 Å². The number of unbranched alkanes of at least 4 members (excludes halogenated alkanes) is 9. The summed E-state index contributed by atoms with van der Waals surface area (Å²) in [5, 5.41) is 0. The zero-order valence-electron chi connectivity index (χ0n) is 15.0. The van der Waals surface area contributed by atoms with Crippen LogP contribution in [0.5, 0.6) is 0 Å². The Morgan fingerprint density at radius 2 is 1.38 bits per heavy atom. The molecular weight excluding hydrogens is 317 g/mol. The SMILES string of the molecule is FC(F)(F)CCCCCCCCCCCCOCCC1CCCO1. The standard InChI is InChI=1S/C19H35F3O2/c20-19(21,22)14-9-7-5-3-1-2-4-6-8-10-15-23-17-13-18-12-11-16-24-18/h18H,1-17H2. The van der Waals surface area contributed by atoms with Gasteiger partial charge in [0, 0.05) is 26.2 Å². The Kier molecular flexibility index (Phi) is 12.6. The monoisotopic (exact) mass is 352 g/mol. The predicted molar refractivity (Wildman–Crippen MR) is 91.3 cm³/mol. The molecule has 1 saturated heterocycles. The van der Waals surface area contributed by atoms with Gasteiger partial charge in [-0.2, -0.15) is 13.2 Å². The number of alkyl halides is 3. The van der Waals surface area contributed by atoms with Crippen LogP contribution in [0.2, 0.25) is 0 Å². The van der Waals surface area contributed by atoms with Crippen LogP contribution in [0.3, 0.4) is 0 Å². The minimum Gasteiger partial charge on any atom is -0.381 e. The van der Waals surface area contributed by atoms with Gasteiger partial charge in [-0.25, -0.2) is 0 Å². The second kappa shape index (κ2) is 13.9. The molecule has 2 nitrogen and oxygen atoms in total. The van der Waals surface area contributed by atoms with Crippen molar-refractivity contribution in [3.8, 4) is 0 Å². The Morgan fingerprint density at radius 1 is 0.792 bits per heavy atom. The Balaban J connectivity index is 1.67. The van der Waals surface area contributed by atoms with Gasteiger partial charge in [0.2, 0.25) is 0 Å². The van der Waals surface area contributed by atoms with Gasteiger partial charge in [0.05, 0.1) is 6.10 Å². The van der Waals surface area contributed by atoms with E-state index in [0.29, 0.717) is 12.5 Å². The molecule has 0 aromatic rings. The molecule has 0 bridgehead atoms. The molecule has 0 N–H and O–H groups in total. The third-order valence-corrected chi connectivity index (χ3v) is 4.61. The average Bonchev–Trinajstić information content (AvgIpc) is 3.03. The lowest BCUT2D eigenvalue weighted by Gasteiger charge is -2.09. The zero-order valence-corrected chi connectivity index (χ0v) is 15.0. The largest absolute Gasteiger partial charge is 0.389 e. The maximum atomic E-state index is 12.0. The summed E-state index contributed by atoms with van der Waals surface area (Å²) < 4.78 is 47.1. The van der Waals surface area contributed by atoms with Crippen molar-refractivity contribution < 1.29 is 22.6 Å². The van der Waals surface area contributed by atoms with Gasteiger partial charge in [-0.1, -0.05) is 51.4 Å². The van der Waals surface area contributed by atoms with Crippen molar-refractivity contribution in [1.82, 2.24) is 0 Å². The number of ether oxygens (including phenoxy) is 2. The maximum Gasteiger partial charge on any atom is 0.389 e. The highest BCUT2D eigenvalue weighted by molar-refractivity contribution is 4.63. The quantitative estimate of drug-likeness (QED) is 0.316. The summed E-state index contributed by atoms with van der Waals surface area (Å²) in [5.41, 5.74) is 0. The fraction of sp³-hybridized carbons (Fsp3) is 1.00. The van der Waals surface area contributed by atoms with Crippen LogP contribution in [0.1, 0.15) is 89.9 Å². The number of hydrogen-bond donors (Lipinski definition) is 0. The highest BCUT2D eigenvalue weighted by Gasteiger charge is 2.25. The molecule has 1 heterocycles. The lowest BCUT2D eigenvalue weighted by Crippen LogP contribution is -2.09. The third-order valence-electron chi connectivity index (χ3n) is 4.61. The summed E-state index contributed by atoms with van der Waals surface area (Å²) in [6, 6.07) is 0. The van der Waals surface area contributed by atoms with Crippen molar-refractivity contribution in [2.24, 2.45) is 0 Å². The summed E-state index contributed by atoms with van der Waals surface area (Å²) in [4.78, 5) is 0. The molecule has 1 aliphatic rings. The van der Waals surface area contributed by atoms with Crippen molar-refractivity contribution in [3.63, 3.8) is 0 Å². The van der Waals surface area contributed by atoms with Gasteiger partial charge in [-0.3, -0.25) is 0 Å². The molecule has 1 aliphatic heterocycles. The molecular formula is C19H35F3O2. The zero-order chi connectivity index (χ0) is 17.5. The van der Waals surface area contributed by atoms with E-state index in [1.807, 2.05) is 0 Å². The Morgan fingerprint density at radius 3 is 1.92 bits per heavy atom. The van der Waals surface area contributed by atoms with Crippen LogP contribution in [0.25, 0.3) is 0 Å². The maximum absolute atomic E-state index is 12.0. The molecule has 1 atom stereocenters. The molecule has 0 radical (unpaired) electrons. The van der Waals surface area contributed by atoms with Gasteiger partial charge in [0.25, 0.3) is 0 Å². The summed E-state index contributed by atoms with van der Waals surface area (Å²) in [6.45, 7) is 2.59. The fourth-order valence-electron chi connectivity index (χ4n) is 3.13. The molecule has 24 heavy (non-hydrogen) atoms. The molecule has 0 aliphatic carbocycles. The Hall–Kier alpha value is -0.290. The van der Waals surface area contributed by atoms with Crippen molar-refractivity contribution in [3.05, 3.63) is 0 Å². The highest BCUT2D eigenvalue weighted by atomic mass is 19.4. The normalized spacial score (nSPS) is 18.4. The average molecular weight is 352 g/mol. The lowest BCUT2D eigenvalue weighted by atomic mass is 10.1. The Bertz CT molecular complexity index is 276. The van der Waals surface area contributed by atoms with E-state index in [1.54, 1.807) is 0 Å². The van der Waals surface area contributed by atoms with E-state index in [0.717, 1.165) is 51.9 Å². The first kappa shape index (κ1) is 21.8. The first-order chi connectivity index (χ1) is 11.6. The van der Waals surface area contributed by atoms with Crippen LogP contribution in [-0.2, 0) is 9.47 Å². The first-order valence-corrected chi connectivity index (χ1v) is 9.84. The molecule has 144 valence electrons. The van der Waals surface area contributed by atoms with E-state index in [-0.39, 0.29) is 6.42 Å². The van der Waals surface area contributed by atoms with E-state index < -0.39 is 12.6 Å². The summed E-state index contributed by atoms with van der Waals surface area (Å²) in [5.74, 6) is 0. The molecule has 1 unspecified atom stereocenters. The van der Waals surface area contributed by atoms with Crippen LogP contribution < -0.4 is 0 Å². The second-order valence-corrected chi connectivity index (χ2v) is 6.94. The van der Waals surface area contributed by atoms with E-state index in [2.05, 4.69) is 0 Å². The first-order valence-electron chi connectivity index (χ1n) is 9.84. The molecule has 0 saturated carbocycles. The van der Waals surface area contributed by atoms with Crippen LogP contribution in [0, 0.1) is 0 Å². The minimum absolute atomic E-state index is 0.288. The van der Waals surface area contributed by atoms with Crippen molar-refractivity contribution in [2.75, 3.05) is 19.8 Å². The van der Waals surface area contributed by atoms with Gasteiger partial charge in [-0.15, -0.1) is 0 Å². The fourth-order valence-corrected chi connectivity index (χ4v) is 3.13. The van der Waals surface area contributed by atoms with Gasteiger partial charge in [0.1, 0.15) is 0 Å². The summed E-state index contributed by atoms with van der Waals surface area (Å²) in [6.07, 6.45) is 9.43. The third kappa shape index (κ3) is 14.1. The van der Waals surface area contributed by atoms with E-state index in [9.17, 15) is 13.2 Å². The number of halogens is 3. The molecule has 0 aromatic carbocycles. The summed E-state index contributed by atoms with van der Waals surface area (Å²) in [7, 11) is 0. The topological polar surface area (TPSA) is 18.5 Å². The second-order valence-electron chi connectivity index (χ2n) is 6.94. The van der Waals surface area contributed by atoms with Crippen molar-refractivity contribution >= 4 is 0 Å². The minimum atomic E-state index is -3.98. The van der Waals surface area contributed by atoms with Crippen molar-refractivity contribution in [2.45, 2.75) is 102 Å². The smallest absolute Gasteiger partial charge is 0.381 e. The predicted octanol–water partition coefficient (Wildman–Crippen LogP) is 6.43. The number of hydrogen-bond acceptors (Lipinski definition) is 2. The molecule has 1 rings (SSSR count). The van der Waals surface area contributed by atoms with Gasteiger partial charge in [-0.05, 0) is 32.1 Å². The van der Waals surface area contributed by atoms with Gasteiger partial charge in [0.15, 0.2) is 0 Å². The molecule has 0 spiro atoms. The van der Waals surface area contributed by atoms with E-state index in [1.165, 1.54) is 38.5 Å². The van der Waals surface area contributed by atoms with Crippen molar-refractivity contribution in [1.29, 1.82) is 0 Å². The lowest BCUT2D eigenvalue weighted by molar-refractivity contribution is -0.135. The number of rotatable bonds is 15. The molecule has 1 fully saturated rings. The van der Waals surface area contributed by atoms with Crippen LogP contribution in [0.15, 0.2) is 0 Å². The van der Waals surface area contributed by atoms with Crippen LogP contribution >= 0.6 is 0 Å².